The van der Waals surface area contributed by atoms with Crippen LogP contribution >= 0.6 is 11.3 Å². The Labute approximate surface area is 114 Å². The van der Waals surface area contributed by atoms with Crippen LogP contribution in [0.4, 0.5) is 0 Å². The lowest BCUT2D eigenvalue weighted by atomic mass is 10.3. The third kappa shape index (κ3) is 1.81. The van der Waals surface area contributed by atoms with E-state index in [4.69, 9.17) is 0 Å². The molecule has 0 aliphatic carbocycles. The van der Waals surface area contributed by atoms with Crippen molar-refractivity contribution in [3.63, 3.8) is 0 Å². The van der Waals surface area contributed by atoms with Gasteiger partial charge in [0.2, 0.25) is 0 Å². The maximum absolute atomic E-state index is 4.66. The average Bonchev–Trinajstić information content (AvgIpc) is 3.03. The molecule has 3 nitrogen and oxygen atoms in total. The fourth-order valence-electron chi connectivity index (χ4n) is 2.27. The standard InChI is InChI=1S/C15H11N3S/c1-3-7-13-11(5-1)16-10-18(13)9-15-17-12-6-2-4-8-14(12)19-15/h1-8,10H,9H2. The molecule has 2 aromatic heterocycles. The Balaban J connectivity index is 1.78. The van der Waals surface area contributed by atoms with Crippen molar-refractivity contribution in [1.82, 2.24) is 14.5 Å². The highest BCUT2D eigenvalue weighted by atomic mass is 32.1. The lowest BCUT2D eigenvalue weighted by molar-refractivity contribution is 0.819. The van der Waals surface area contributed by atoms with E-state index in [1.807, 2.05) is 30.6 Å². The third-order valence-corrected chi connectivity index (χ3v) is 4.19. The molecule has 0 amide bonds. The lowest BCUT2D eigenvalue weighted by Gasteiger charge is -2.00. The molecule has 0 saturated carbocycles. The molecule has 0 aliphatic rings. The number of para-hydroxylation sites is 3. The van der Waals surface area contributed by atoms with Gasteiger partial charge in [0, 0.05) is 0 Å². The van der Waals surface area contributed by atoms with E-state index in [2.05, 4.69) is 38.8 Å². The molecule has 2 heterocycles. The van der Waals surface area contributed by atoms with E-state index < -0.39 is 0 Å². The summed E-state index contributed by atoms with van der Waals surface area (Å²) < 4.78 is 3.38. The van der Waals surface area contributed by atoms with Crippen molar-refractivity contribution >= 4 is 32.6 Å². The highest BCUT2D eigenvalue weighted by molar-refractivity contribution is 7.18. The normalized spacial score (nSPS) is 11.4. The first kappa shape index (κ1) is 10.7. The largest absolute Gasteiger partial charge is 0.324 e. The van der Waals surface area contributed by atoms with Crippen LogP contribution in [0.25, 0.3) is 21.3 Å². The monoisotopic (exact) mass is 265 g/mol. The summed E-state index contributed by atoms with van der Waals surface area (Å²) in [7, 11) is 0. The number of benzene rings is 2. The summed E-state index contributed by atoms with van der Waals surface area (Å²) in [6.45, 7) is 0.778. The highest BCUT2D eigenvalue weighted by Crippen LogP contribution is 2.23. The van der Waals surface area contributed by atoms with Crippen LogP contribution in [0.15, 0.2) is 54.9 Å². The zero-order valence-electron chi connectivity index (χ0n) is 10.2. The van der Waals surface area contributed by atoms with E-state index in [1.165, 1.54) is 4.70 Å². The van der Waals surface area contributed by atoms with Gasteiger partial charge in [0.05, 0.1) is 34.1 Å². The Morgan fingerprint density at radius 3 is 2.63 bits per heavy atom. The summed E-state index contributed by atoms with van der Waals surface area (Å²) >= 11 is 1.74. The first-order valence-electron chi connectivity index (χ1n) is 6.14. The summed E-state index contributed by atoms with van der Waals surface area (Å²) in [5.41, 5.74) is 3.26. The van der Waals surface area contributed by atoms with Crippen molar-refractivity contribution in [1.29, 1.82) is 0 Å². The van der Waals surface area contributed by atoms with E-state index >= 15 is 0 Å². The molecule has 92 valence electrons. The maximum Gasteiger partial charge on any atom is 0.114 e. The number of hydrogen-bond donors (Lipinski definition) is 0. The van der Waals surface area contributed by atoms with Crippen LogP contribution in [0.3, 0.4) is 0 Å². The predicted molar refractivity (Wildman–Crippen MR) is 78.5 cm³/mol. The van der Waals surface area contributed by atoms with Crippen molar-refractivity contribution < 1.29 is 0 Å². The molecule has 4 rings (SSSR count). The number of imidazole rings is 1. The van der Waals surface area contributed by atoms with Crippen LogP contribution in [0.5, 0.6) is 0 Å². The number of fused-ring (bicyclic) bond motifs is 2. The van der Waals surface area contributed by atoms with Crippen molar-refractivity contribution in [2.45, 2.75) is 6.54 Å². The molecule has 0 fully saturated rings. The highest BCUT2D eigenvalue weighted by Gasteiger charge is 2.06. The Kier molecular flexibility index (Phi) is 2.35. The van der Waals surface area contributed by atoms with Crippen LogP contribution < -0.4 is 0 Å². The van der Waals surface area contributed by atoms with Gasteiger partial charge in [-0.25, -0.2) is 9.97 Å². The quantitative estimate of drug-likeness (QED) is 0.553. The molecule has 0 radical (unpaired) electrons. The first-order valence-corrected chi connectivity index (χ1v) is 6.96. The Morgan fingerprint density at radius 2 is 1.74 bits per heavy atom. The second-order valence-electron chi connectivity index (χ2n) is 4.44. The van der Waals surface area contributed by atoms with E-state index in [0.717, 1.165) is 28.1 Å². The summed E-state index contributed by atoms with van der Waals surface area (Å²) in [6.07, 6.45) is 1.89. The molecule has 0 bridgehead atoms. The summed E-state index contributed by atoms with van der Waals surface area (Å²) in [5, 5.41) is 1.12. The molecule has 19 heavy (non-hydrogen) atoms. The van der Waals surface area contributed by atoms with E-state index in [1.54, 1.807) is 11.3 Å². The molecule has 0 saturated heterocycles. The van der Waals surface area contributed by atoms with Gasteiger partial charge < -0.3 is 4.57 Å². The topological polar surface area (TPSA) is 30.7 Å². The van der Waals surface area contributed by atoms with Crippen LogP contribution in [-0.4, -0.2) is 14.5 Å². The molecule has 0 aliphatic heterocycles. The Bertz CT molecular complexity index is 827. The first-order chi connectivity index (χ1) is 9.40. The van der Waals surface area contributed by atoms with Crippen molar-refractivity contribution in [3.8, 4) is 0 Å². The van der Waals surface area contributed by atoms with Crippen LogP contribution in [0.2, 0.25) is 0 Å². The summed E-state index contributed by atoms with van der Waals surface area (Å²) in [6, 6.07) is 16.4. The lowest BCUT2D eigenvalue weighted by Crippen LogP contribution is -1.96. The van der Waals surface area contributed by atoms with Gasteiger partial charge in [-0.15, -0.1) is 11.3 Å². The fourth-order valence-corrected chi connectivity index (χ4v) is 3.24. The minimum absolute atomic E-state index is 0.778. The fraction of sp³-hybridized carbons (Fsp3) is 0.0667. The molecule has 4 heteroatoms. The molecule has 0 N–H and O–H groups in total. The molecule has 0 atom stereocenters. The van der Waals surface area contributed by atoms with Crippen molar-refractivity contribution in [3.05, 3.63) is 59.9 Å². The van der Waals surface area contributed by atoms with Gasteiger partial charge >= 0.3 is 0 Å². The maximum atomic E-state index is 4.66. The van der Waals surface area contributed by atoms with E-state index in [-0.39, 0.29) is 0 Å². The van der Waals surface area contributed by atoms with Crippen LogP contribution in [-0.2, 0) is 6.54 Å². The molecule has 0 spiro atoms. The zero-order valence-corrected chi connectivity index (χ0v) is 11.0. The third-order valence-electron chi connectivity index (χ3n) is 3.17. The minimum Gasteiger partial charge on any atom is -0.324 e. The van der Waals surface area contributed by atoms with Crippen molar-refractivity contribution in [2.24, 2.45) is 0 Å². The number of aromatic nitrogens is 3. The number of thiazole rings is 1. The Morgan fingerprint density at radius 1 is 0.947 bits per heavy atom. The van der Waals surface area contributed by atoms with Crippen molar-refractivity contribution in [2.75, 3.05) is 0 Å². The molecular formula is C15H11N3S. The predicted octanol–water partition coefficient (Wildman–Crippen LogP) is 3.69. The number of rotatable bonds is 2. The van der Waals surface area contributed by atoms with E-state index in [9.17, 15) is 0 Å². The van der Waals surface area contributed by atoms with Gasteiger partial charge in [-0.2, -0.15) is 0 Å². The van der Waals surface area contributed by atoms with Gasteiger partial charge in [0.25, 0.3) is 0 Å². The van der Waals surface area contributed by atoms with Gasteiger partial charge in [-0.1, -0.05) is 24.3 Å². The molecule has 0 unspecified atom stereocenters. The second kappa shape index (κ2) is 4.17. The van der Waals surface area contributed by atoms with Crippen LogP contribution in [0, 0.1) is 0 Å². The minimum atomic E-state index is 0.778. The molecule has 2 aromatic carbocycles. The van der Waals surface area contributed by atoms with Gasteiger partial charge in [0.15, 0.2) is 0 Å². The SMILES string of the molecule is c1ccc2sc(Cn3cnc4ccccc43)nc2c1. The van der Waals surface area contributed by atoms with Gasteiger partial charge in [-0.05, 0) is 24.3 Å². The van der Waals surface area contributed by atoms with Crippen LogP contribution in [0.1, 0.15) is 5.01 Å². The number of nitrogens with zero attached hydrogens (tertiary/aromatic N) is 3. The number of hydrogen-bond acceptors (Lipinski definition) is 3. The summed E-state index contributed by atoms with van der Waals surface area (Å²) in [5.74, 6) is 0. The Hall–Kier alpha value is -2.20. The van der Waals surface area contributed by atoms with Gasteiger partial charge in [-0.3, -0.25) is 0 Å². The molecule has 4 aromatic rings. The van der Waals surface area contributed by atoms with Gasteiger partial charge in [0.1, 0.15) is 5.01 Å². The summed E-state index contributed by atoms with van der Waals surface area (Å²) in [4.78, 5) is 9.07. The molecular weight excluding hydrogens is 254 g/mol. The second-order valence-corrected chi connectivity index (χ2v) is 5.55. The smallest absolute Gasteiger partial charge is 0.114 e. The average molecular weight is 265 g/mol. The zero-order chi connectivity index (χ0) is 12.7. The van der Waals surface area contributed by atoms with E-state index in [0.29, 0.717) is 0 Å².